The summed E-state index contributed by atoms with van der Waals surface area (Å²) in [5.74, 6) is -0.0536. The summed E-state index contributed by atoms with van der Waals surface area (Å²) < 4.78 is 27.7. The van der Waals surface area contributed by atoms with Crippen molar-refractivity contribution in [1.82, 2.24) is 19.4 Å². The molecule has 1 amide bonds. The van der Waals surface area contributed by atoms with Crippen LogP contribution in [-0.4, -0.2) is 77.5 Å². The van der Waals surface area contributed by atoms with Crippen molar-refractivity contribution in [2.45, 2.75) is 70.7 Å². The highest BCUT2D eigenvalue weighted by atomic mass is 35.5. The number of pyridine rings is 1. The van der Waals surface area contributed by atoms with Crippen molar-refractivity contribution in [2.75, 3.05) is 34.4 Å². The van der Waals surface area contributed by atoms with Crippen LogP contribution in [0.5, 0.6) is 0 Å². The summed E-state index contributed by atoms with van der Waals surface area (Å²) >= 11 is 6.75. The van der Waals surface area contributed by atoms with Crippen LogP contribution in [0.2, 0.25) is 5.02 Å². The Morgan fingerprint density at radius 3 is 2.63 bits per heavy atom. The van der Waals surface area contributed by atoms with Crippen molar-refractivity contribution >= 4 is 28.4 Å². The quantitative estimate of drug-likeness (QED) is 0.260. The first-order valence-electron chi connectivity index (χ1n) is 14.7. The number of amides is 1. The van der Waals surface area contributed by atoms with Gasteiger partial charge in [0.25, 0.3) is 5.91 Å². The minimum atomic E-state index is -0.446. The standard InChI is InChI=1S/C32H42ClFN4O3/c1-7-27(23-14-32(15-23,40-5)41-6)37-11-10-21(18-37)12-22-19-38(29-17-35-16-26(33)30(22)29)28-9-8-24(34)13-25(28)31(39)36(4)20(2)3/h8-9,13,16-17,19-21,23,27H,7,10-12,14-15,18H2,1-6H3/t21-,27?/m1/s1. The van der Waals surface area contributed by atoms with E-state index in [4.69, 9.17) is 21.1 Å². The predicted octanol–water partition coefficient (Wildman–Crippen LogP) is 6.34. The molecule has 1 aliphatic carbocycles. The highest BCUT2D eigenvalue weighted by Gasteiger charge is 2.49. The van der Waals surface area contributed by atoms with Crippen LogP contribution in [0, 0.1) is 17.7 Å². The molecule has 1 unspecified atom stereocenters. The first kappa shape index (κ1) is 30.0. The number of nitrogens with zero attached hydrogens (tertiary/aromatic N) is 4. The van der Waals surface area contributed by atoms with E-state index in [0.717, 1.165) is 61.7 Å². The summed E-state index contributed by atoms with van der Waals surface area (Å²) in [6.45, 7) is 8.24. The van der Waals surface area contributed by atoms with Gasteiger partial charge in [0.15, 0.2) is 5.79 Å². The monoisotopic (exact) mass is 584 g/mol. The van der Waals surface area contributed by atoms with Crippen molar-refractivity contribution in [3.63, 3.8) is 0 Å². The first-order valence-corrected chi connectivity index (χ1v) is 15.0. The minimum Gasteiger partial charge on any atom is -0.353 e. The number of carbonyl (C=O) groups is 1. The smallest absolute Gasteiger partial charge is 0.256 e. The van der Waals surface area contributed by atoms with Gasteiger partial charge >= 0.3 is 0 Å². The molecule has 1 saturated carbocycles. The molecule has 5 rings (SSSR count). The molecule has 2 atom stereocenters. The number of benzene rings is 1. The second-order valence-corrected chi connectivity index (χ2v) is 12.4. The van der Waals surface area contributed by atoms with Gasteiger partial charge in [-0.2, -0.15) is 0 Å². The second kappa shape index (κ2) is 12.0. The van der Waals surface area contributed by atoms with Gasteiger partial charge in [-0.05, 0) is 75.3 Å². The molecule has 3 heterocycles. The van der Waals surface area contributed by atoms with Gasteiger partial charge in [0, 0.05) is 70.5 Å². The molecule has 0 radical (unpaired) electrons. The van der Waals surface area contributed by atoms with Crippen LogP contribution >= 0.6 is 11.6 Å². The molecule has 0 spiro atoms. The number of methoxy groups -OCH3 is 2. The van der Waals surface area contributed by atoms with E-state index in [2.05, 4.69) is 23.0 Å². The summed E-state index contributed by atoms with van der Waals surface area (Å²) in [5, 5.41) is 1.52. The lowest BCUT2D eigenvalue weighted by Crippen LogP contribution is -2.54. The molecule has 41 heavy (non-hydrogen) atoms. The Kier molecular flexibility index (Phi) is 8.76. The van der Waals surface area contributed by atoms with Gasteiger partial charge < -0.3 is 18.9 Å². The Labute approximate surface area is 247 Å². The maximum Gasteiger partial charge on any atom is 0.256 e. The molecule has 2 aromatic heterocycles. The molecular weight excluding hydrogens is 543 g/mol. The Balaban J connectivity index is 1.42. The summed E-state index contributed by atoms with van der Waals surface area (Å²) in [4.78, 5) is 22.0. The summed E-state index contributed by atoms with van der Waals surface area (Å²) in [7, 11) is 5.21. The number of rotatable bonds is 10. The first-order chi connectivity index (χ1) is 19.6. The van der Waals surface area contributed by atoms with E-state index in [1.165, 1.54) is 12.1 Å². The zero-order valence-corrected chi connectivity index (χ0v) is 25.7. The third-order valence-corrected chi connectivity index (χ3v) is 9.72. The SMILES string of the molecule is CCC(C1CC(OC)(OC)C1)N1CC[C@H](Cc2cn(-c3ccc(F)cc3C(=O)N(C)C(C)C)c3cncc(Cl)c23)C1. The van der Waals surface area contributed by atoms with Crippen LogP contribution in [0.1, 0.15) is 62.4 Å². The van der Waals surface area contributed by atoms with Gasteiger partial charge in [0.2, 0.25) is 0 Å². The lowest BCUT2D eigenvalue weighted by Gasteiger charge is -2.50. The number of hydrogen-bond donors (Lipinski definition) is 0. The average molecular weight is 585 g/mol. The Morgan fingerprint density at radius 1 is 1.24 bits per heavy atom. The fourth-order valence-corrected chi connectivity index (χ4v) is 7.12. The molecule has 9 heteroatoms. The molecule has 222 valence electrons. The number of fused-ring (bicyclic) bond motifs is 1. The normalized spacial score (nSPS) is 20.1. The Morgan fingerprint density at radius 2 is 1.98 bits per heavy atom. The van der Waals surface area contributed by atoms with Crippen LogP contribution < -0.4 is 0 Å². The molecule has 2 fully saturated rings. The van der Waals surface area contributed by atoms with Crippen molar-refractivity contribution < 1.29 is 18.7 Å². The Hall–Kier alpha value is -2.52. The summed E-state index contributed by atoms with van der Waals surface area (Å²) in [6.07, 6.45) is 10.4. The molecule has 0 bridgehead atoms. The van der Waals surface area contributed by atoms with Crippen molar-refractivity contribution in [1.29, 1.82) is 0 Å². The molecule has 2 aliphatic rings. The van der Waals surface area contributed by atoms with Gasteiger partial charge in [-0.25, -0.2) is 4.39 Å². The second-order valence-electron chi connectivity index (χ2n) is 12.0. The molecule has 1 aliphatic heterocycles. The minimum absolute atomic E-state index is 0.0238. The largest absolute Gasteiger partial charge is 0.353 e. The number of likely N-dealkylation sites (tertiary alicyclic amines) is 1. The summed E-state index contributed by atoms with van der Waals surface area (Å²) in [6, 6.07) is 4.88. The number of halogens is 2. The highest BCUT2D eigenvalue weighted by molar-refractivity contribution is 6.35. The predicted molar refractivity (Wildman–Crippen MR) is 160 cm³/mol. The molecule has 1 saturated heterocycles. The zero-order valence-electron chi connectivity index (χ0n) is 25.0. The summed E-state index contributed by atoms with van der Waals surface area (Å²) in [5.41, 5.74) is 2.86. The van der Waals surface area contributed by atoms with Crippen molar-refractivity contribution in [3.05, 3.63) is 58.8 Å². The van der Waals surface area contributed by atoms with E-state index in [1.54, 1.807) is 44.6 Å². The molecule has 0 N–H and O–H groups in total. The number of carbonyl (C=O) groups excluding carboxylic acids is 1. The van der Waals surface area contributed by atoms with E-state index in [0.29, 0.717) is 34.2 Å². The molecule has 1 aromatic carbocycles. The van der Waals surface area contributed by atoms with Gasteiger partial charge in [0.05, 0.1) is 28.0 Å². The lowest BCUT2D eigenvalue weighted by molar-refractivity contribution is -0.277. The lowest BCUT2D eigenvalue weighted by atomic mass is 9.73. The number of aromatic nitrogens is 2. The van der Waals surface area contributed by atoms with Crippen molar-refractivity contribution in [2.24, 2.45) is 11.8 Å². The topological polar surface area (TPSA) is 59.8 Å². The van der Waals surface area contributed by atoms with Crippen LogP contribution in [0.4, 0.5) is 4.39 Å². The fraction of sp³-hybridized carbons (Fsp3) is 0.562. The maximum absolute atomic E-state index is 14.4. The van der Waals surface area contributed by atoms with Gasteiger partial charge in [-0.1, -0.05) is 18.5 Å². The van der Waals surface area contributed by atoms with E-state index >= 15 is 0 Å². The van der Waals surface area contributed by atoms with Crippen molar-refractivity contribution in [3.8, 4) is 5.69 Å². The van der Waals surface area contributed by atoms with Gasteiger partial charge in [-0.15, -0.1) is 0 Å². The van der Waals surface area contributed by atoms with E-state index in [9.17, 15) is 9.18 Å². The van der Waals surface area contributed by atoms with E-state index in [-0.39, 0.29) is 11.9 Å². The molecular formula is C32H42ClFN4O3. The van der Waals surface area contributed by atoms with Crippen LogP contribution in [-0.2, 0) is 15.9 Å². The Bertz CT molecular complexity index is 1400. The third-order valence-electron chi connectivity index (χ3n) is 9.44. The number of hydrogen-bond acceptors (Lipinski definition) is 5. The average Bonchev–Trinajstić information content (AvgIpc) is 3.55. The van der Waals surface area contributed by atoms with Crippen LogP contribution in [0.3, 0.4) is 0 Å². The van der Waals surface area contributed by atoms with Crippen LogP contribution in [0.15, 0.2) is 36.8 Å². The third kappa shape index (κ3) is 5.64. The van der Waals surface area contributed by atoms with Crippen LogP contribution in [0.25, 0.3) is 16.6 Å². The number of ether oxygens (including phenoxy) is 2. The molecule has 3 aromatic rings. The maximum atomic E-state index is 14.4. The van der Waals surface area contributed by atoms with Gasteiger partial charge in [0.1, 0.15) is 5.82 Å². The van der Waals surface area contributed by atoms with E-state index in [1.807, 2.05) is 18.4 Å². The zero-order chi connectivity index (χ0) is 29.5. The van der Waals surface area contributed by atoms with E-state index < -0.39 is 11.6 Å². The van der Waals surface area contributed by atoms with Gasteiger partial charge in [-0.3, -0.25) is 14.7 Å². The highest BCUT2D eigenvalue weighted by Crippen LogP contribution is 2.46. The fourth-order valence-electron chi connectivity index (χ4n) is 6.84. The molecule has 7 nitrogen and oxygen atoms in total.